The fourth-order valence-corrected chi connectivity index (χ4v) is 0.382. The quantitative estimate of drug-likeness (QED) is 0.360. The monoisotopic (exact) mass is 234 g/mol. The van der Waals surface area contributed by atoms with Gasteiger partial charge in [-0.1, -0.05) is 0 Å². The van der Waals surface area contributed by atoms with Crippen LogP contribution in [0.5, 0.6) is 0 Å². The van der Waals surface area contributed by atoms with Gasteiger partial charge < -0.3 is 10.2 Å². The zero-order valence-corrected chi connectivity index (χ0v) is 13.1. The first-order chi connectivity index (χ1) is 3.85. The number of hydrogen-bond acceptors (Lipinski definition) is 4. The van der Waals surface area contributed by atoms with Crippen LogP contribution >= 0.6 is 0 Å². The molecule has 1 unspecified atom stereocenters. The number of carboxylic acid groups (broad SMARTS) is 1. The van der Waals surface area contributed by atoms with Crippen LogP contribution in [0.1, 0.15) is 0 Å². The molecule has 2 radical (unpaired) electrons. The molecule has 11 heavy (non-hydrogen) atoms. The summed E-state index contributed by atoms with van der Waals surface area (Å²) in [7, 11) is -4.85. The van der Waals surface area contributed by atoms with Crippen molar-refractivity contribution in [3.05, 3.63) is 0 Å². The van der Waals surface area contributed by atoms with E-state index in [9.17, 15) is 13.2 Å². The summed E-state index contributed by atoms with van der Waals surface area (Å²) in [5.41, 5.74) is -2.74. The number of aliphatic hydroxyl groups excluding tert-OH is 1. The summed E-state index contributed by atoms with van der Waals surface area (Å²) in [6.45, 7) is 0. The van der Waals surface area contributed by atoms with Crippen LogP contribution in [0.25, 0.3) is 0 Å². The average molecular weight is 234 g/mol. The molecule has 0 saturated carbocycles. The van der Waals surface area contributed by atoms with Gasteiger partial charge in [-0.2, -0.15) is 8.42 Å². The molecule has 0 aliphatic heterocycles. The van der Waals surface area contributed by atoms with Gasteiger partial charge in [-0.25, -0.2) is 4.79 Å². The fraction of sp³-hybridized carbons (Fsp3) is 0.500. The minimum Gasteiger partial charge on any atom is -0.478 e. The molecule has 6 nitrogen and oxygen atoms in total. The van der Waals surface area contributed by atoms with E-state index < -0.39 is 21.5 Å². The second-order valence-electron chi connectivity index (χ2n) is 1.21. The van der Waals surface area contributed by atoms with Crippen molar-refractivity contribution in [3.8, 4) is 0 Å². The number of carboxylic acids is 1. The molecule has 0 heterocycles. The number of aliphatic hydroxyl groups is 1. The van der Waals surface area contributed by atoms with E-state index in [1.165, 1.54) is 0 Å². The number of aliphatic carboxylic acids is 1. The van der Waals surface area contributed by atoms with Crippen LogP contribution in [0.4, 0.5) is 0 Å². The van der Waals surface area contributed by atoms with E-state index in [2.05, 4.69) is 0 Å². The first-order valence-corrected chi connectivity index (χ1v) is 3.23. The molecule has 0 rings (SSSR count). The largest absolute Gasteiger partial charge is 0.478 e. The molecular weight excluding hydrogens is 230 g/mol. The predicted molar refractivity (Wildman–Crippen MR) is 36.7 cm³/mol. The van der Waals surface area contributed by atoms with Crippen molar-refractivity contribution in [2.75, 3.05) is 0 Å². The summed E-state index contributed by atoms with van der Waals surface area (Å²) >= 11 is 0. The van der Waals surface area contributed by atoms with Gasteiger partial charge in [0.25, 0.3) is 5.44 Å². The third kappa shape index (κ3) is 8.93. The maximum Gasteiger partial charge on any atom is 0.351 e. The van der Waals surface area contributed by atoms with Gasteiger partial charge in [0, 0.05) is 103 Å². The van der Waals surface area contributed by atoms with E-state index in [1.54, 1.807) is 0 Å². The van der Waals surface area contributed by atoms with Crippen molar-refractivity contribution in [1.29, 1.82) is 0 Å². The third-order valence-electron chi connectivity index (χ3n) is 0.493. The minimum absolute atomic E-state index is 0. The van der Waals surface area contributed by atoms with Gasteiger partial charge in [0.1, 0.15) is 0 Å². The van der Waals surface area contributed by atoms with Gasteiger partial charge in [0.05, 0.1) is 0 Å². The van der Waals surface area contributed by atoms with Crippen LogP contribution in [0.2, 0.25) is 0 Å². The maximum absolute atomic E-state index is 9.70. The summed E-state index contributed by atoms with van der Waals surface area (Å²) < 4.78 is 27.2. The summed E-state index contributed by atoms with van der Waals surface area (Å²) in [6.07, 6.45) is 0. The summed E-state index contributed by atoms with van der Waals surface area (Å²) in [5.74, 6) is -2.00. The molecule has 0 aliphatic rings. The van der Waals surface area contributed by atoms with Crippen molar-refractivity contribution in [3.63, 3.8) is 0 Å². The van der Waals surface area contributed by atoms with Gasteiger partial charge >= 0.3 is 16.1 Å². The molecule has 56 valence electrons. The van der Waals surface area contributed by atoms with Crippen molar-refractivity contribution in [2.24, 2.45) is 0 Å². The molecule has 0 saturated heterocycles. The number of rotatable bonds is 2. The van der Waals surface area contributed by atoms with Gasteiger partial charge in [0.15, 0.2) is 0 Å². The molecule has 0 aromatic carbocycles. The van der Waals surface area contributed by atoms with Gasteiger partial charge in [-0.3, -0.25) is 4.55 Å². The van der Waals surface area contributed by atoms with Crippen LogP contribution in [0.3, 0.4) is 0 Å². The van der Waals surface area contributed by atoms with Gasteiger partial charge in [0.2, 0.25) is 0 Å². The van der Waals surface area contributed by atoms with Gasteiger partial charge in [-0.05, 0) is 0 Å². The Kier molecular flexibility index (Phi) is 13.9. The van der Waals surface area contributed by atoms with Crippen molar-refractivity contribution in [1.82, 2.24) is 0 Å². The zero-order valence-electron chi connectivity index (χ0n) is 6.05. The van der Waals surface area contributed by atoms with Crippen LogP contribution < -0.4 is 0 Å². The van der Waals surface area contributed by atoms with Crippen molar-refractivity contribution < 1.29 is 28.0 Å². The maximum atomic E-state index is 9.70. The molecule has 0 fully saturated rings. The van der Waals surface area contributed by atoms with Crippen molar-refractivity contribution in [2.45, 2.75) is 5.44 Å². The van der Waals surface area contributed by atoms with E-state index in [-0.39, 0.29) is 103 Å². The second kappa shape index (κ2) is 7.97. The molecular formula is C2H4K2O6S. The van der Waals surface area contributed by atoms with E-state index in [0.29, 0.717) is 0 Å². The third-order valence-corrected chi connectivity index (χ3v) is 1.26. The Morgan fingerprint density at radius 1 is 1.27 bits per heavy atom. The SMILES string of the molecule is O=C(O)C(O)S(=O)(=O)O.[K].[K]. The van der Waals surface area contributed by atoms with E-state index in [0.717, 1.165) is 0 Å². The Bertz CT molecular complexity index is 209. The Morgan fingerprint density at radius 3 is 1.55 bits per heavy atom. The molecule has 3 N–H and O–H groups in total. The van der Waals surface area contributed by atoms with Crippen LogP contribution in [-0.4, -0.2) is 137 Å². The number of carbonyl (C=O) groups is 1. The Balaban J connectivity index is -0.000000320. The smallest absolute Gasteiger partial charge is 0.351 e. The van der Waals surface area contributed by atoms with E-state index >= 15 is 0 Å². The predicted octanol–water partition coefficient (Wildman–Crippen LogP) is -2.48. The summed E-state index contributed by atoms with van der Waals surface area (Å²) in [4.78, 5) is 9.56. The molecule has 1 atom stereocenters. The molecule has 0 aromatic heterocycles. The van der Waals surface area contributed by atoms with E-state index in [4.69, 9.17) is 14.8 Å². The van der Waals surface area contributed by atoms with Crippen LogP contribution in [0, 0.1) is 0 Å². The summed E-state index contributed by atoms with van der Waals surface area (Å²) in [5, 5.41) is 15.8. The van der Waals surface area contributed by atoms with E-state index in [1.807, 2.05) is 0 Å². The normalized spacial score (nSPS) is 12.2. The fourth-order valence-electron chi connectivity index (χ4n) is 0.127. The molecule has 0 amide bonds. The number of hydrogen-bond donors (Lipinski definition) is 3. The molecule has 0 aromatic rings. The first kappa shape index (κ1) is 19.2. The Hall–Kier alpha value is 2.61. The average Bonchev–Trinajstić information content (AvgIpc) is 1.62. The molecule has 0 aliphatic carbocycles. The second-order valence-corrected chi connectivity index (χ2v) is 2.68. The van der Waals surface area contributed by atoms with Crippen molar-refractivity contribution >= 4 is 119 Å². The van der Waals surface area contributed by atoms with Gasteiger partial charge in [-0.15, -0.1) is 0 Å². The zero-order chi connectivity index (χ0) is 7.65. The minimum atomic E-state index is -4.85. The molecule has 0 spiro atoms. The molecule has 9 heteroatoms. The Morgan fingerprint density at radius 2 is 1.55 bits per heavy atom. The van der Waals surface area contributed by atoms with Crippen LogP contribution in [0.15, 0.2) is 0 Å². The van der Waals surface area contributed by atoms with Crippen LogP contribution in [-0.2, 0) is 14.9 Å². The standard InChI is InChI=1S/C2H4O6S.2K/c3-1(4)2(5)9(6,7)8;;/h2,5H,(H,3,4)(H,6,7,8);;. The summed E-state index contributed by atoms with van der Waals surface area (Å²) in [6, 6.07) is 0. The first-order valence-electron chi connectivity index (χ1n) is 1.73. The Labute approximate surface area is 148 Å². The topological polar surface area (TPSA) is 112 Å². The molecule has 0 bridgehead atoms.